The van der Waals surface area contributed by atoms with Crippen LogP contribution in [-0.4, -0.2) is 18.5 Å². The lowest BCUT2D eigenvalue weighted by Gasteiger charge is -2.13. The third kappa shape index (κ3) is 4.28. The predicted octanol–water partition coefficient (Wildman–Crippen LogP) is 2.68. The van der Waals surface area contributed by atoms with E-state index in [1.807, 2.05) is 6.92 Å². The monoisotopic (exact) mass is 268 g/mol. The first-order chi connectivity index (χ1) is 9.06. The molecule has 19 heavy (non-hydrogen) atoms. The van der Waals surface area contributed by atoms with Crippen molar-refractivity contribution in [3.8, 4) is 0 Å². The molecule has 1 aliphatic carbocycles. The van der Waals surface area contributed by atoms with Gasteiger partial charge in [0.1, 0.15) is 17.3 Å². The Kier molecular flexibility index (Phi) is 4.47. The van der Waals surface area contributed by atoms with Crippen LogP contribution in [0.2, 0.25) is 0 Å². The second kappa shape index (κ2) is 6.10. The molecule has 0 spiro atoms. The van der Waals surface area contributed by atoms with Crippen molar-refractivity contribution in [2.75, 3.05) is 11.9 Å². The molecule has 1 unspecified atom stereocenters. The molecule has 1 atom stereocenters. The van der Waals surface area contributed by atoms with E-state index in [-0.39, 0.29) is 18.3 Å². The minimum Gasteiger partial charge on any atom is -0.320 e. The molecule has 1 amide bonds. The van der Waals surface area contributed by atoms with E-state index >= 15 is 0 Å². The summed E-state index contributed by atoms with van der Waals surface area (Å²) in [5.41, 5.74) is -0.385. The summed E-state index contributed by atoms with van der Waals surface area (Å²) >= 11 is 0. The molecular formula is C14H18F2N2O. The lowest BCUT2D eigenvalue weighted by molar-refractivity contribution is -0.115. The standard InChI is InChI=1S/C14H18F2N2O/c1-9(7-10-5-6-10)17-8-13(19)18-14-11(15)3-2-4-12(14)16/h2-4,9-10,17H,5-8H2,1H3,(H,18,19). The Morgan fingerprint density at radius 3 is 2.58 bits per heavy atom. The zero-order valence-electron chi connectivity index (χ0n) is 10.9. The number of rotatable bonds is 6. The minimum absolute atomic E-state index is 0.0572. The highest BCUT2D eigenvalue weighted by atomic mass is 19.1. The van der Waals surface area contributed by atoms with Crippen molar-refractivity contribution in [2.45, 2.75) is 32.2 Å². The number of anilines is 1. The van der Waals surface area contributed by atoms with Gasteiger partial charge in [0.2, 0.25) is 5.91 Å². The molecule has 1 aliphatic rings. The second-order valence-corrected chi connectivity index (χ2v) is 5.11. The highest BCUT2D eigenvalue weighted by Crippen LogP contribution is 2.33. The molecule has 5 heteroatoms. The Labute approximate surface area is 111 Å². The van der Waals surface area contributed by atoms with Gasteiger partial charge in [-0.3, -0.25) is 4.79 Å². The van der Waals surface area contributed by atoms with Crippen LogP contribution < -0.4 is 10.6 Å². The van der Waals surface area contributed by atoms with Crippen molar-refractivity contribution in [2.24, 2.45) is 5.92 Å². The molecule has 104 valence electrons. The van der Waals surface area contributed by atoms with Gasteiger partial charge in [-0.05, 0) is 31.4 Å². The van der Waals surface area contributed by atoms with Crippen molar-refractivity contribution >= 4 is 11.6 Å². The van der Waals surface area contributed by atoms with Crippen molar-refractivity contribution in [1.29, 1.82) is 0 Å². The van der Waals surface area contributed by atoms with Gasteiger partial charge in [-0.1, -0.05) is 18.9 Å². The predicted molar refractivity (Wildman–Crippen MR) is 69.8 cm³/mol. The van der Waals surface area contributed by atoms with Gasteiger partial charge < -0.3 is 10.6 Å². The van der Waals surface area contributed by atoms with Crippen LogP contribution in [0.3, 0.4) is 0 Å². The van der Waals surface area contributed by atoms with Gasteiger partial charge in [0.15, 0.2) is 0 Å². The lowest BCUT2D eigenvalue weighted by Crippen LogP contribution is -2.35. The largest absolute Gasteiger partial charge is 0.320 e. The summed E-state index contributed by atoms with van der Waals surface area (Å²) in [4.78, 5) is 11.6. The smallest absolute Gasteiger partial charge is 0.238 e. The Hall–Kier alpha value is -1.49. The number of nitrogens with one attached hydrogen (secondary N) is 2. The van der Waals surface area contributed by atoms with Crippen LogP contribution >= 0.6 is 0 Å². The molecule has 0 radical (unpaired) electrons. The number of hydrogen-bond acceptors (Lipinski definition) is 2. The Morgan fingerprint density at radius 1 is 1.37 bits per heavy atom. The van der Waals surface area contributed by atoms with Crippen LogP contribution in [0.5, 0.6) is 0 Å². The van der Waals surface area contributed by atoms with Crippen LogP contribution in [-0.2, 0) is 4.79 Å². The Balaban J connectivity index is 1.80. The normalized spacial score (nSPS) is 16.2. The third-order valence-electron chi connectivity index (χ3n) is 3.22. The van der Waals surface area contributed by atoms with E-state index in [2.05, 4.69) is 10.6 Å². The molecule has 0 saturated heterocycles. The highest BCUT2D eigenvalue weighted by Gasteiger charge is 2.23. The SMILES string of the molecule is CC(CC1CC1)NCC(=O)Nc1c(F)cccc1F. The van der Waals surface area contributed by atoms with Crippen LogP contribution in [0, 0.1) is 17.6 Å². The molecule has 3 nitrogen and oxygen atoms in total. The van der Waals surface area contributed by atoms with Crippen molar-refractivity contribution < 1.29 is 13.6 Å². The van der Waals surface area contributed by atoms with Gasteiger partial charge in [0, 0.05) is 6.04 Å². The van der Waals surface area contributed by atoms with Crippen LogP contribution in [0.1, 0.15) is 26.2 Å². The van der Waals surface area contributed by atoms with E-state index in [4.69, 9.17) is 0 Å². The first kappa shape index (κ1) is 13.9. The number of para-hydroxylation sites is 1. The van der Waals surface area contributed by atoms with Crippen molar-refractivity contribution in [3.05, 3.63) is 29.8 Å². The van der Waals surface area contributed by atoms with Crippen molar-refractivity contribution in [1.82, 2.24) is 5.32 Å². The Morgan fingerprint density at radius 2 is 2.00 bits per heavy atom. The summed E-state index contributed by atoms with van der Waals surface area (Å²) in [6, 6.07) is 3.73. The van der Waals surface area contributed by atoms with E-state index in [9.17, 15) is 13.6 Å². The van der Waals surface area contributed by atoms with Crippen LogP contribution in [0.4, 0.5) is 14.5 Å². The lowest BCUT2D eigenvalue weighted by atomic mass is 10.1. The highest BCUT2D eigenvalue weighted by molar-refractivity contribution is 5.92. The molecule has 1 aromatic carbocycles. The molecule has 0 bridgehead atoms. The molecule has 0 aliphatic heterocycles. The number of carbonyl (C=O) groups is 1. The number of carbonyl (C=O) groups excluding carboxylic acids is 1. The zero-order chi connectivity index (χ0) is 13.8. The van der Waals surface area contributed by atoms with E-state index in [0.717, 1.165) is 24.5 Å². The maximum atomic E-state index is 13.3. The first-order valence-electron chi connectivity index (χ1n) is 6.53. The van der Waals surface area contributed by atoms with Gasteiger partial charge in [-0.25, -0.2) is 8.78 Å². The van der Waals surface area contributed by atoms with Gasteiger partial charge in [0.25, 0.3) is 0 Å². The Bertz CT molecular complexity index is 441. The quantitative estimate of drug-likeness (QED) is 0.833. The summed E-state index contributed by atoms with van der Waals surface area (Å²) in [5.74, 6) is -1.19. The van der Waals surface area contributed by atoms with E-state index in [0.29, 0.717) is 0 Å². The van der Waals surface area contributed by atoms with Gasteiger partial charge in [-0.2, -0.15) is 0 Å². The average molecular weight is 268 g/mol. The van der Waals surface area contributed by atoms with Gasteiger partial charge >= 0.3 is 0 Å². The second-order valence-electron chi connectivity index (χ2n) is 5.11. The molecule has 1 aromatic rings. The maximum Gasteiger partial charge on any atom is 0.238 e. The van der Waals surface area contributed by atoms with E-state index in [1.165, 1.54) is 18.9 Å². The molecule has 1 saturated carbocycles. The summed E-state index contributed by atoms with van der Waals surface area (Å²) in [5, 5.41) is 5.31. The molecule has 1 fully saturated rings. The van der Waals surface area contributed by atoms with Crippen LogP contribution in [0.15, 0.2) is 18.2 Å². The number of halogens is 2. The van der Waals surface area contributed by atoms with Crippen molar-refractivity contribution in [3.63, 3.8) is 0 Å². The topological polar surface area (TPSA) is 41.1 Å². The molecule has 0 heterocycles. The first-order valence-corrected chi connectivity index (χ1v) is 6.53. The minimum atomic E-state index is -0.764. The fraction of sp³-hybridized carbons (Fsp3) is 0.500. The van der Waals surface area contributed by atoms with E-state index < -0.39 is 17.5 Å². The number of benzene rings is 1. The molecule has 2 rings (SSSR count). The summed E-state index contributed by atoms with van der Waals surface area (Å²) in [6.07, 6.45) is 3.57. The fourth-order valence-corrected chi connectivity index (χ4v) is 2.00. The van der Waals surface area contributed by atoms with Gasteiger partial charge in [0.05, 0.1) is 6.54 Å². The number of hydrogen-bond donors (Lipinski definition) is 2. The van der Waals surface area contributed by atoms with Gasteiger partial charge in [-0.15, -0.1) is 0 Å². The molecule has 0 aromatic heterocycles. The maximum absolute atomic E-state index is 13.3. The summed E-state index contributed by atoms with van der Waals surface area (Å²) < 4.78 is 26.6. The van der Waals surface area contributed by atoms with E-state index in [1.54, 1.807) is 0 Å². The fourth-order valence-electron chi connectivity index (χ4n) is 2.00. The third-order valence-corrected chi connectivity index (χ3v) is 3.22. The molecule has 2 N–H and O–H groups in total. The average Bonchev–Trinajstić information content (AvgIpc) is 3.15. The summed E-state index contributed by atoms with van der Waals surface area (Å²) in [7, 11) is 0. The summed E-state index contributed by atoms with van der Waals surface area (Å²) in [6.45, 7) is 2.07. The molecular weight excluding hydrogens is 250 g/mol. The number of amides is 1. The zero-order valence-corrected chi connectivity index (χ0v) is 10.9. The van der Waals surface area contributed by atoms with Crippen LogP contribution in [0.25, 0.3) is 0 Å².